The first-order chi connectivity index (χ1) is 9.26. The second kappa shape index (κ2) is 7.32. The summed E-state index contributed by atoms with van der Waals surface area (Å²) in [6.45, 7) is -0.550. The molecule has 0 bridgehead atoms. The van der Waals surface area contributed by atoms with Gasteiger partial charge in [0, 0.05) is 12.6 Å². The van der Waals surface area contributed by atoms with Gasteiger partial charge in [-0.25, -0.2) is 4.79 Å². The number of nitrogen functional groups attached to an aromatic ring is 1. The van der Waals surface area contributed by atoms with Crippen LogP contribution in [0.25, 0.3) is 0 Å². The Morgan fingerprint density at radius 1 is 1.67 bits per heavy atom. The summed E-state index contributed by atoms with van der Waals surface area (Å²) < 4.78 is 21.1. The zero-order chi connectivity index (χ0) is 14.9. The predicted molar refractivity (Wildman–Crippen MR) is 63.2 cm³/mol. The minimum Gasteiger partial charge on any atom is -0.756 e. The number of anilines is 1. The van der Waals surface area contributed by atoms with Crippen molar-refractivity contribution in [3.8, 4) is 0 Å². The SMILES string of the molecule is Nc1ccn([C@H]2C[C@H](O)[C@@H](COP(=O)([O-])O)O2)c(=O)n1.[Na+]. The third-order valence-corrected chi connectivity index (χ3v) is 3.24. The Bertz CT molecular complexity index is 591. The maximum atomic E-state index is 11.6. The Morgan fingerprint density at radius 3 is 2.90 bits per heavy atom. The summed E-state index contributed by atoms with van der Waals surface area (Å²) in [5.74, 6) is 0.0530. The average molecular weight is 329 g/mol. The summed E-state index contributed by atoms with van der Waals surface area (Å²) >= 11 is 0. The van der Waals surface area contributed by atoms with E-state index in [0.29, 0.717) is 0 Å². The van der Waals surface area contributed by atoms with Crippen LogP contribution in [-0.4, -0.2) is 38.4 Å². The molecule has 21 heavy (non-hydrogen) atoms. The van der Waals surface area contributed by atoms with Crippen LogP contribution < -0.4 is 45.9 Å². The maximum Gasteiger partial charge on any atom is 1.00 e. The van der Waals surface area contributed by atoms with Crippen molar-refractivity contribution in [2.24, 2.45) is 0 Å². The monoisotopic (exact) mass is 329 g/mol. The molecule has 0 saturated carbocycles. The molecule has 1 aromatic rings. The van der Waals surface area contributed by atoms with Crippen LogP contribution >= 0.6 is 7.82 Å². The van der Waals surface area contributed by atoms with Crippen molar-refractivity contribution in [3.05, 3.63) is 22.7 Å². The van der Waals surface area contributed by atoms with E-state index in [2.05, 4.69) is 9.51 Å². The van der Waals surface area contributed by atoms with Gasteiger partial charge in [0.25, 0.3) is 7.82 Å². The average Bonchev–Trinajstić information content (AvgIpc) is 2.67. The van der Waals surface area contributed by atoms with Gasteiger partial charge < -0.3 is 29.9 Å². The molecule has 4 atom stereocenters. The number of hydrogen-bond donors (Lipinski definition) is 3. The van der Waals surface area contributed by atoms with E-state index in [1.165, 1.54) is 12.3 Å². The topological polar surface area (TPSA) is 160 Å². The van der Waals surface area contributed by atoms with Gasteiger partial charge >= 0.3 is 35.2 Å². The molecule has 1 aromatic heterocycles. The standard InChI is InChI=1S/C9H14N3O7P.Na/c10-7-1-2-12(9(14)11-7)8-3-5(13)6(19-8)4-18-20(15,16)17;/h1-2,5-6,8,13H,3-4H2,(H2,10,11,14)(H2,15,16,17);/q;+1/p-1/t5-,6+,8+;/m0./s1. The van der Waals surface area contributed by atoms with Gasteiger partial charge in [-0.15, -0.1) is 0 Å². The molecule has 1 fully saturated rings. The summed E-state index contributed by atoms with van der Waals surface area (Å²) in [6.07, 6.45) is -1.44. The van der Waals surface area contributed by atoms with Gasteiger partial charge in [0.2, 0.25) is 0 Å². The van der Waals surface area contributed by atoms with Gasteiger partial charge in [-0.2, -0.15) is 4.98 Å². The number of aromatic nitrogens is 2. The van der Waals surface area contributed by atoms with Crippen LogP contribution in [0.1, 0.15) is 12.6 Å². The molecule has 0 aromatic carbocycles. The number of ether oxygens (including phenoxy) is 1. The van der Waals surface area contributed by atoms with Crippen LogP contribution in [0, 0.1) is 0 Å². The van der Waals surface area contributed by atoms with Crippen molar-refractivity contribution in [1.82, 2.24) is 9.55 Å². The van der Waals surface area contributed by atoms with Crippen molar-refractivity contribution < 1.29 is 58.3 Å². The normalized spacial score (nSPS) is 27.9. The third-order valence-electron chi connectivity index (χ3n) is 2.77. The van der Waals surface area contributed by atoms with Crippen molar-refractivity contribution in [3.63, 3.8) is 0 Å². The van der Waals surface area contributed by atoms with Gasteiger partial charge in [0.05, 0.1) is 12.7 Å². The van der Waals surface area contributed by atoms with E-state index in [1.807, 2.05) is 0 Å². The summed E-state index contributed by atoms with van der Waals surface area (Å²) in [5.41, 5.74) is 4.70. The molecule has 0 amide bonds. The van der Waals surface area contributed by atoms with Crippen LogP contribution in [0.5, 0.6) is 0 Å². The van der Waals surface area contributed by atoms with Crippen LogP contribution in [0.15, 0.2) is 17.1 Å². The fourth-order valence-electron chi connectivity index (χ4n) is 1.85. The number of hydrogen-bond acceptors (Lipinski definition) is 8. The molecule has 4 N–H and O–H groups in total. The van der Waals surface area contributed by atoms with E-state index >= 15 is 0 Å². The molecule has 2 rings (SSSR count). The first-order valence-electron chi connectivity index (χ1n) is 5.63. The van der Waals surface area contributed by atoms with E-state index in [0.717, 1.165) is 4.57 Å². The first-order valence-corrected chi connectivity index (χ1v) is 7.12. The number of phosphoric ester groups is 1. The molecule has 0 radical (unpaired) electrons. The fourth-order valence-corrected chi connectivity index (χ4v) is 2.18. The molecule has 1 aliphatic rings. The summed E-state index contributed by atoms with van der Waals surface area (Å²) in [4.78, 5) is 34.1. The summed E-state index contributed by atoms with van der Waals surface area (Å²) in [7, 11) is -4.89. The van der Waals surface area contributed by atoms with Crippen molar-refractivity contribution in [2.45, 2.75) is 24.9 Å². The Labute approximate surface area is 141 Å². The molecule has 1 saturated heterocycles. The van der Waals surface area contributed by atoms with Crippen LogP contribution in [0.4, 0.5) is 5.82 Å². The van der Waals surface area contributed by atoms with E-state index in [-0.39, 0.29) is 41.8 Å². The molecule has 0 aliphatic carbocycles. The smallest absolute Gasteiger partial charge is 0.756 e. The van der Waals surface area contributed by atoms with Crippen LogP contribution in [-0.2, 0) is 13.8 Å². The Morgan fingerprint density at radius 2 is 2.33 bits per heavy atom. The van der Waals surface area contributed by atoms with Crippen LogP contribution in [0.2, 0.25) is 0 Å². The predicted octanol–water partition coefficient (Wildman–Crippen LogP) is -5.04. The third kappa shape index (κ3) is 5.13. The zero-order valence-corrected chi connectivity index (χ0v) is 14.1. The molecule has 1 unspecified atom stereocenters. The number of rotatable bonds is 4. The molecule has 2 heterocycles. The van der Waals surface area contributed by atoms with Gasteiger partial charge in [-0.05, 0) is 6.07 Å². The number of phosphoric acid groups is 1. The minimum atomic E-state index is -4.89. The maximum absolute atomic E-state index is 11.6. The molecule has 112 valence electrons. The van der Waals surface area contributed by atoms with Gasteiger partial charge in [-0.1, -0.05) is 0 Å². The zero-order valence-electron chi connectivity index (χ0n) is 11.2. The van der Waals surface area contributed by atoms with Crippen LogP contribution in [0.3, 0.4) is 0 Å². The van der Waals surface area contributed by atoms with Crippen molar-refractivity contribution in [1.29, 1.82) is 0 Å². The minimum absolute atomic E-state index is 0. The molecule has 0 spiro atoms. The molecular formula is C9H13N3NaO7P. The Kier molecular flexibility index (Phi) is 6.54. The summed E-state index contributed by atoms with van der Waals surface area (Å²) in [5, 5.41) is 9.72. The number of nitrogens with zero attached hydrogens (tertiary/aromatic N) is 2. The Hall–Kier alpha value is -0.290. The molecule has 1 aliphatic heterocycles. The number of aliphatic hydroxyl groups excluding tert-OH is 1. The summed E-state index contributed by atoms with van der Waals surface area (Å²) in [6, 6.07) is 1.39. The van der Waals surface area contributed by atoms with Gasteiger partial charge in [-0.3, -0.25) is 9.13 Å². The molecule has 12 heteroatoms. The Balaban J connectivity index is 0.00000220. The van der Waals surface area contributed by atoms with E-state index < -0.39 is 38.6 Å². The second-order valence-corrected chi connectivity index (χ2v) is 5.43. The van der Waals surface area contributed by atoms with Crippen molar-refractivity contribution in [2.75, 3.05) is 12.3 Å². The van der Waals surface area contributed by atoms with E-state index in [9.17, 15) is 19.4 Å². The first kappa shape index (κ1) is 18.8. The largest absolute Gasteiger partial charge is 1.00 e. The van der Waals surface area contributed by atoms with E-state index in [1.54, 1.807) is 0 Å². The van der Waals surface area contributed by atoms with Crippen molar-refractivity contribution >= 4 is 13.6 Å². The van der Waals surface area contributed by atoms with Gasteiger partial charge in [0.15, 0.2) is 0 Å². The second-order valence-electron chi connectivity index (χ2n) is 4.24. The molecule has 10 nitrogen and oxygen atoms in total. The quantitative estimate of drug-likeness (QED) is 0.363. The van der Waals surface area contributed by atoms with E-state index in [4.69, 9.17) is 15.4 Å². The van der Waals surface area contributed by atoms with Gasteiger partial charge in [0.1, 0.15) is 18.1 Å². The molecular weight excluding hydrogens is 316 g/mol. The fraction of sp³-hybridized carbons (Fsp3) is 0.556. The number of aliphatic hydroxyl groups is 1. The number of nitrogens with two attached hydrogens (primary N) is 1.